The van der Waals surface area contributed by atoms with Gasteiger partial charge in [0.15, 0.2) is 18.1 Å². The van der Waals surface area contributed by atoms with Crippen LogP contribution in [0, 0.1) is 12.8 Å². The summed E-state index contributed by atoms with van der Waals surface area (Å²) < 4.78 is 8.08. The van der Waals surface area contributed by atoms with Gasteiger partial charge in [-0.1, -0.05) is 13.8 Å². The molecule has 0 aliphatic heterocycles. The normalized spacial score (nSPS) is 11.0. The van der Waals surface area contributed by atoms with Crippen molar-refractivity contribution in [1.29, 1.82) is 0 Å². The van der Waals surface area contributed by atoms with Gasteiger partial charge in [0.05, 0.1) is 6.61 Å². The Hall–Kier alpha value is -2.94. The molecule has 0 aliphatic rings. The molecule has 9 heteroatoms. The summed E-state index contributed by atoms with van der Waals surface area (Å²) in [4.78, 5) is 41.2. The molecule has 0 aliphatic carbocycles. The maximum atomic E-state index is 13.0. The highest BCUT2D eigenvalue weighted by molar-refractivity contribution is 5.94. The first-order valence-electron chi connectivity index (χ1n) is 9.12. The maximum Gasteiger partial charge on any atom is 0.330 e. The van der Waals surface area contributed by atoms with E-state index in [1.165, 1.54) is 16.6 Å². The number of ether oxygens (including phenoxy) is 1. The Balaban J connectivity index is 2.46. The van der Waals surface area contributed by atoms with Crippen molar-refractivity contribution in [1.82, 2.24) is 9.55 Å². The third kappa shape index (κ3) is 5.07. The second-order valence-electron chi connectivity index (χ2n) is 7.08. The van der Waals surface area contributed by atoms with Crippen molar-refractivity contribution < 1.29 is 14.1 Å². The number of rotatable bonds is 8. The predicted molar refractivity (Wildman–Crippen MR) is 106 cm³/mol. The van der Waals surface area contributed by atoms with E-state index in [1.807, 2.05) is 32.9 Å². The Bertz CT molecular complexity index is 931. The standard InChI is InChI=1S/C19H27N5O4/c1-13(2)11-24-17(20)16(18(26)21-19(24)27)23(9-10-28-4)15(25)12-22-7-5-14(3)6-8-22/h5-8,13H,9-12H2,1-4H3,(H2-,20,21,26,27)/p+1. The summed E-state index contributed by atoms with van der Waals surface area (Å²) in [5, 5.41) is 0. The summed E-state index contributed by atoms with van der Waals surface area (Å²) in [5.41, 5.74) is 5.91. The van der Waals surface area contributed by atoms with Gasteiger partial charge in [-0.15, -0.1) is 0 Å². The van der Waals surface area contributed by atoms with Gasteiger partial charge in [0.2, 0.25) is 6.54 Å². The third-order valence-corrected chi connectivity index (χ3v) is 4.23. The number of H-pyrrole nitrogens is 1. The summed E-state index contributed by atoms with van der Waals surface area (Å²) in [6.07, 6.45) is 3.57. The lowest BCUT2D eigenvalue weighted by Crippen LogP contribution is -2.48. The number of aryl methyl sites for hydroxylation is 1. The molecule has 0 fully saturated rings. The van der Waals surface area contributed by atoms with Crippen molar-refractivity contribution in [3.8, 4) is 0 Å². The minimum absolute atomic E-state index is 0.0200. The van der Waals surface area contributed by atoms with Crippen molar-refractivity contribution in [2.24, 2.45) is 5.92 Å². The van der Waals surface area contributed by atoms with E-state index in [2.05, 4.69) is 4.98 Å². The van der Waals surface area contributed by atoms with E-state index in [0.29, 0.717) is 6.54 Å². The van der Waals surface area contributed by atoms with Gasteiger partial charge >= 0.3 is 5.69 Å². The molecule has 0 saturated heterocycles. The van der Waals surface area contributed by atoms with Gasteiger partial charge < -0.3 is 10.5 Å². The number of nitrogens with two attached hydrogens (primary N) is 1. The van der Waals surface area contributed by atoms with Gasteiger partial charge in [-0.3, -0.25) is 24.0 Å². The summed E-state index contributed by atoms with van der Waals surface area (Å²) in [6, 6.07) is 3.77. The molecule has 0 unspecified atom stereocenters. The van der Waals surface area contributed by atoms with Crippen LogP contribution in [0.4, 0.5) is 11.5 Å². The average molecular weight is 390 g/mol. The molecule has 2 aromatic rings. The van der Waals surface area contributed by atoms with Crippen molar-refractivity contribution in [2.45, 2.75) is 33.9 Å². The van der Waals surface area contributed by atoms with Crippen LogP contribution in [0.2, 0.25) is 0 Å². The number of carbonyl (C=O) groups excluding carboxylic acids is 1. The Morgan fingerprint density at radius 1 is 1.32 bits per heavy atom. The molecule has 2 rings (SSSR count). The van der Waals surface area contributed by atoms with E-state index in [4.69, 9.17) is 10.5 Å². The van der Waals surface area contributed by atoms with Crippen molar-refractivity contribution in [3.05, 3.63) is 50.9 Å². The molecule has 2 aromatic heterocycles. The number of hydrogen-bond donors (Lipinski definition) is 2. The fraction of sp³-hybridized carbons (Fsp3) is 0.474. The molecule has 0 saturated carbocycles. The molecular weight excluding hydrogens is 362 g/mol. The summed E-state index contributed by atoms with van der Waals surface area (Å²) in [5.74, 6) is -0.233. The maximum absolute atomic E-state index is 13.0. The quantitative estimate of drug-likeness (QED) is 0.618. The number of anilines is 2. The van der Waals surface area contributed by atoms with Crippen molar-refractivity contribution in [3.63, 3.8) is 0 Å². The monoisotopic (exact) mass is 390 g/mol. The number of aromatic nitrogens is 3. The topological polar surface area (TPSA) is 114 Å². The number of methoxy groups -OCH3 is 1. The van der Waals surface area contributed by atoms with Crippen molar-refractivity contribution in [2.75, 3.05) is 30.9 Å². The summed E-state index contributed by atoms with van der Waals surface area (Å²) in [6.45, 7) is 6.51. The third-order valence-electron chi connectivity index (χ3n) is 4.23. The number of nitrogens with zero attached hydrogens (tertiary/aromatic N) is 3. The number of amides is 1. The molecule has 9 nitrogen and oxygen atoms in total. The molecular formula is C19H28N5O4+. The van der Waals surface area contributed by atoms with Crippen LogP contribution in [0.5, 0.6) is 0 Å². The number of pyridine rings is 1. The lowest BCUT2D eigenvalue weighted by Gasteiger charge is -2.23. The first-order chi connectivity index (χ1) is 13.2. The van der Waals surface area contributed by atoms with Crippen LogP contribution in [0.3, 0.4) is 0 Å². The lowest BCUT2D eigenvalue weighted by molar-refractivity contribution is -0.684. The SMILES string of the molecule is COCCN(C(=O)C[n+]1ccc(C)cc1)c1c(N)n(CC(C)C)c(=O)[nH]c1=O. The van der Waals surface area contributed by atoms with Gasteiger partial charge in [0, 0.05) is 32.3 Å². The van der Waals surface area contributed by atoms with E-state index in [-0.39, 0.29) is 43.0 Å². The zero-order valence-electron chi connectivity index (χ0n) is 16.8. The van der Waals surface area contributed by atoms with Crippen LogP contribution in [0.25, 0.3) is 0 Å². The molecule has 2 heterocycles. The minimum atomic E-state index is -0.694. The fourth-order valence-corrected chi connectivity index (χ4v) is 2.81. The molecule has 28 heavy (non-hydrogen) atoms. The van der Waals surface area contributed by atoms with E-state index in [0.717, 1.165) is 5.56 Å². The van der Waals surface area contributed by atoms with Gasteiger partial charge in [-0.05, 0) is 18.4 Å². The summed E-state index contributed by atoms with van der Waals surface area (Å²) in [7, 11) is 1.50. The van der Waals surface area contributed by atoms with Gasteiger partial charge in [0.25, 0.3) is 11.5 Å². The Morgan fingerprint density at radius 3 is 2.54 bits per heavy atom. The molecule has 152 valence electrons. The number of aromatic amines is 1. The Morgan fingerprint density at radius 2 is 1.96 bits per heavy atom. The number of hydrogen-bond acceptors (Lipinski definition) is 5. The number of nitrogen functional groups attached to an aromatic ring is 1. The molecule has 0 radical (unpaired) electrons. The zero-order valence-corrected chi connectivity index (χ0v) is 16.8. The van der Waals surface area contributed by atoms with Crippen LogP contribution in [0.1, 0.15) is 19.4 Å². The van der Waals surface area contributed by atoms with Gasteiger partial charge in [0.1, 0.15) is 5.82 Å². The minimum Gasteiger partial charge on any atom is -0.383 e. The first-order valence-corrected chi connectivity index (χ1v) is 9.12. The molecule has 3 N–H and O–H groups in total. The Kier molecular flexibility index (Phi) is 7.11. The van der Waals surface area contributed by atoms with Gasteiger partial charge in [-0.25, -0.2) is 4.79 Å². The summed E-state index contributed by atoms with van der Waals surface area (Å²) >= 11 is 0. The largest absolute Gasteiger partial charge is 0.383 e. The number of nitrogens with one attached hydrogen (secondary N) is 1. The lowest BCUT2D eigenvalue weighted by atomic mass is 10.2. The van der Waals surface area contributed by atoms with Crippen LogP contribution in [-0.2, 0) is 22.6 Å². The highest BCUT2D eigenvalue weighted by Crippen LogP contribution is 2.17. The van der Waals surface area contributed by atoms with E-state index in [9.17, 15) is 14.4 Å². The predicted octanol–water partition coefficient (Wildman–Crippen LogP) is 0.0503. The van der Waals surface area contributed by atoms with E-state index in [1.54, 1.807) is 17.0 Å². The highest BCUT2D eigenvalue weighted by Gasteiger charge is 2.26. The van der Waals surface area contributed by atoms with Crippen molar-refractivity contribution >= 4 is 17.4 Å². The first kappa shape index (κ1) is 21.4. The second kappa shape index (κ2) is 9.32. The molecule has 0 bridgehead atoms. The second-order valence-corrected chi connectivity index (χ2v) is 7.08. The fourth-order valence-electron chi connectivity index (χ4n) is 2.81. The molecule has 0 aromatic carbocycles. The van der Waals surface area contributed by atoms with E-state index < -0.39 is 11.2 Å². The number of carbonyl (C=O) groups is 1. The molecule has 0 atom stereocenters. The zero-order chi connectivity index (χ0) is 20.8. The van der Waals surface area contributed by atoms with Crippen LogP contribution >= 0.6 is 0 Å². The van der Waals surface area contributed by atoms with Crippen LogP contribution in [0.15, 0.2) is 34.1 Å². The molecule has 0 spiro atoms. The van der Waals surface area contributed by atoms with Crippen LogP contribution < -0.4 is 26.4 Å². The molecule has 1 amide bonds. The highest BCUT2D eigenvalue weighted by atomic mass is 16.5. The van der Waals surface area contributed by atoms with Crippen LogP contribution in [-0.4, -0.2) is 35.7 Å². The smallest absolute Gasteiger partial charge is 0.330 e. The van der Waals surface area contributed by atoms with E-state index >= 15 is 0 Å². The van der Waals surface area contributed by atoms with Gasteiger partial charge in [-0.2, -0.15) is 4.57 Å². The average Bonchev–Trinajstić information content (AvgIpc) is 2.63. The Labute approximate surface area is 163 Å².